The number of carbonyl (C=O) groups is 1. The Hall–Kier alpha value is -0.680. The van der Waals surface area contributed by atoms with Gasteiger partial charge in [-0.05, 0) is 24.3 Å². The molecule has 1 aromatic carbocycles. The van der Waals surface area contributed by atoms with Gasteiger partial charge >= 0.3 is 0 Å². The molecule has 1 atom stereocenters. The number of methoxy groups -OCH3 is 1. The predicted molar refractivity (Wildman–Crippen MR) is 66.8 cm³/mol. The number of hydrogen-bond donors (Lipinski definition) is 2. The Balaban J connectivity index is 2.70. The lowest BCUT2D eigenvalue weighted by atomic mass is 10.2. The first-order valence-corrected chi connectivity index (χ1v) is 5.67. The number of aliphatic hydroxyl groups excluding tert-OH is 1. The van der Waals surface area contributed by atoms with Crippen LogP contribution >= 0.6 is 34.8 Å². The Morgan fingerprint density at radius 2 is 1.88 bits per heavy atom. The molecule has 0 spiro atoms. The van der Waals surface area contributed by atoms with Crippen molar-refractivity contribution >= 4 is 40.7 Å². The van der Waals surface area contributed by atoms with Crippen LogP contribution in [0.5, 0.6) is 5.75 Å². The molecule has 4 nitrogen and oxygen atoms in total. The maximum Gasteiger partial charge on any atom is 0.253 e. The number of amides is 1. The monoisotopic (exact) mass is 297 g/mol. The van der Waals surface area contributed by atoms with Crippen molar-refractivity contribution in [3.05, 3.63) is 29.8 Å². The minimum absolute atomic E-state index is 0.319. The maximum atomic E-state index is 11.6. The second-order valence-corrected chi connectivity index (χ2v) is 5.52. The fourth-order valence-electron chi connectivity index (χ4n) is 1.03. The first-order valence-electron chi connectivity index (χ1n) is 4.54. The summed E-state index contributed by atoms with van der Waals surface area (Å²) >= 11 is 16.2. The number of alkyl halides is 3. The molecule has 0 unspecified atom stereocenters. The average Bonchev–Trinajstić information content (AvgIpc) is 2.27. The van der Waals surface area contributed by atoms with Crippen LogP contribution in [0.4, 0.5) is 0 Å². The number of carbonyl (C=O) groups excluding carboxylic acids is 1. The zero-order valence-corrected chi connectivity index (χ0v) is 11.1. The normalized spacial score (nSPS) is 13.0. The average molecular weight is 299 g/mol. The third-order valence-corrected chi connectivity index (χ3v) is 2.55. The number of benzene rings is 1. The molecule has 7 heteroatoms. The molecular formula is C10H10Cl3NO3. The third-order valence-electron chi connectivity index (χ3n) is 1.93. The second-order valence-electron chi connectivity index (χ2n) is 3.15. The van der Waals surface area contributed by atoms with E-state index in [1.807, 2.05) is 0 Å². The van der Waals surface area contributed by atoms with E-state index in [0.29, 0.717) is 11.3 Å². The van der Waals surface area contributed by atoms with Crippen molar-refractivity contribution in [2.75, 3.05) is 7.11 Å². The SMILES string of the molecule is COc1ccc(C(=O)N[C@H](O)C(Cl)(Cl)Cl)cc1. The zero-order valence-electron chi connectivity index (χ0n) is 8.78. The molecule has 0 aliphatic carbocycles. The molecule has 1 aromatic rings. The van der Waals surface area contributed by atoms with Gasteiger partial charge in [-0.25, -0.2) is 0 Å². The molecule has 94 valence electrons. The van der Waals surface area contributed by atoms with Crippen LogP contribution in [0.2, 0.25) is 0 Å². The molecule has 1 amide bonds. The van der Waals surface area contributed by atoms with Gasteiger partial charge in [0.05, 0.1) is 7.11 Å². The van der Waals surface area contributed by atoms with E-state index >= 15 is 0 Å². The molecule has 0 saturated carbocycles. The predicted octanol–water partition coefficient (Wildman–Crippen LogP) is 2.11. The van der Waals surface area contributed by atoms with Crippen LogP contribution in [0.15, 0.2) is 24.3 Å². The van der Waals surface area contributed by atoms with Crippen molar-refractivity contribution in [3.8, 4) is 5.75 Å². The van der Waals surface area contributed by atoms with Crippen LogP contribution in [0.25, 0.3) is 0 Å². The van der Waals surface area contributed by atoms with Crippen molar-refractivity contribution < 1.29 is 14.6 Å². The molecule has 0 aliphatic heterocycles. The van der Waals surface area contributed by atoms with Crippen molar-refractivity contribution in [1.82, 2.24) is 5.32 Å². The van der Waals surface area contributed by atoms with Gasteiger partial charge < -0.3 is 15.2 Å². The number of nitrogens with one attached hydrogen (secondary N) is 1. The molecule has 0 radical (unpaired) electrons. The number of hydrogen-bond acceptors (Lipinski definition) is 3. The molecule has 0 fully saturated rings. The lowest BCUT2D eigenvalue weighted by Crippen LogP contribution is -2.43. The molecule has 0 aromatic heterocycles. The van der Waals surface area contributed by atoms with Crippen molar-refractivity contribution in [2.45, 2.75) is 10.0 Å². The van der Waals surface area contributed by atoms with Crippen LogP contribution < -0.4 is 10.1 Å². The van der Waals surface area contributed by atoms with E-state index in [0.717, 1.165) is 0 Å². The summed E-state index contributed by atoms with van der Waals surface area (Å²) in [7, 11) is 1.52. The smallest absolute Gasteiger partial charge is 0.253 e. The molecule has 0 aliphatic rings. The highest BCUT2D eigenvalue weighted by molar-refractivity contribution is 6.68. The van der Waals surface area contributed by atoms with Crippen LogP contribution in [0.3, 0.4) is 0 Å². The van der Waals surface area contributed by atoms with Crippen molar-refractivity contribution in [1.29, 1.82) is 0 Å². The largest absolute Gasteiger partial charge is 0.497 e. The van der Waals surface area contributed by atoms with Gasteiger partial charge in [0.25, 0.3) is 5.91 Å². The lowest BCUT2D eigenvalue weighted by Gasteiger charge is -2.19. The fourth-order valence-corrected chi connectivity index (χ4v) is 1.20. The molecule has 1 rings (SSSR count). The van der Waals surface area contributed by atoms with Gasteiger partial charge in [-0.2, -0.15) is 0 Å². The highest BCUT2D eigenvalue weighted by Crippen LogP contribution is 2.29. The van der Waals surface area contributed by atoms with E-state index in [2.05, 4.69) is 5.32 Å². The summed E-state index contributed by atoms with van der Waals surface area (Å²) < 4.78 is 2.97. The third kappa shape index (κ3) is 4.24. The van der Waals surface area contributed by atoms with Gasteiger partial charge in [-0.15, -0.1) is 0 Å². The van der Waals surface area contributed by atoms with Gasteiger partial charge in [-0.3, -0.25) is 4.79 Å². The molecule has 0 bridgehead atoms. The Bertz CT molecular complexity index is 389. The first kappa shape index (κ1) is 14.4. The highest BCUT2D eigenvalue weighted by Gasteiger charge is 2.32. The summed E-state index contributed by atoms with van der Waals surface area (Å²) in [5.41, 5.74) is 0.319. The Morgan fingerprint density at radius 3 is 2.29 bits per heavy atom. The van der Waals surface area contributed by atoms with Gasteiger partial charge in [0.15, 0.2) is 6.23 Å². The standard InChI is InChI=1S/C10H10Cl3NO3/c1-17-7-4-2-6(3-5-7)8(15)14-9(16)10(11,12)13/h2-5,9,16H,1H3,(H,14,15)/t9-/m1/s1. The zero-order chi connectivity index (χ0) is 13.1. The van der Waals surface area contributed by atoms with Gasteiger partial charge in [0.2, 0.25) is 3.79 Å². The number of aliphatic hydroxyl groups is 1. The van der Waals surface area contributed by atoms with Gasteiger partial charge in [-0.1, -0.05) is 34.8 Å². The summed E-state index contributed by atoms with van der Waals surface area (Å²) in [6.07, 6.45) is -1.58. The fraction of sp³-hybridized carbons (Fsp3) is 0.300. The van der Waals surface area contributed by atoms with Gasteiger partial charge in [0.1, 0.15) is 5.75 Å². The van der Waals surface area contributed by atoms with E-state index in [1.165, 1.54) is 19.2 Å². The number of halogens is 3. The van der Waals surface area contributed by atoms with Crippen LogP contribution in [-0.2, 0) is 0 Å². The van der Waals surface area contributed by atoms with Crippen LogP contribution in [-0.4, -0.2) is 28.1 Å². The second kappa shape index (κ2) is 5.78. The molecule has 0 saturated heterocycles. The quantitative estimate of drug-likeness (QED) is 0.664. The van der Waals surface area contributed by atoms with E-state index < -0.39 is 15.9 Å². The summed E-state index contributed by atoms with van der Waals surface area (Å²) in [6, 6.07) is 6.27. The van der Waals surface area contributed by atoms with Crippen molar-refractivity contribution in [2.24, 2.45) is 0 Å². The van der Waals surface area contributed by atoms with E-state index in [-0.39, 0.29) is 0 Å². The van der Waals surface area contributed by atoms with E-state index in [9.17, 15) is 9.90 Å². The molecule has 17 heavy (non-hydrogen) atoms. The Morgan fingerprint density at radius 1 is 1.35 bits per heavy atom. The van der Waals surface area contributed by atoms with E-state index in [4.69, 9.17) is 39.5 Å². The summed E-state index contributed by atoms with van der Waals surface area (Å²) in [5.74, 6) is 0.0648. The summed E-state index contributed by atoms with van der Waals surface area (Å²) in [6.45, 7) is 0. The molecular weight excluding hydrogens is 288 g/mol. The Kier molecular flexibility index (Phi) is 4.89. The molecule has 0 heterocycles. The maximum absolute atomic E-state index is 11.6. The lowest BCUT2D eigenvalue weighted by molar-refractivity contribution is 0.0791. The number of rotatable bonds is 3. The first-order chi connectivity index (χ1) is 7.84. The van der Waals surface area contributed by atoms with E-state index in [1.54, 1.807) is 12.1 Å². The molecule has 2 N–H and O–H groups in total. The minimum atomic E-state index is -1.97. The highest BCUT2D eigenvalue weighted by atomic mass is 35.6. The topological polar surface area (TPSA) is 58.6 Å². The summed E-state index contributed by atoms with van der Waals surface area (Å²) in [4.78, 5) is 11.6. The number of ether oxygens (including phenoxy) is 1. The van der Waals surface area contributed by atoms with Gasteiger partial charge in [0, 0.05) is 5.56 Å². The summed E-state index contributed by atoms with van der Waals surface area (Å²) in [5, 5.41) is 11.5. The Labute approximate surface area is 113 Å². The minimum Gasteiger partial charge on any atom is -0.497 e. The van der Waals surface area contributed by atoms with Crippen molar-refractivity contribution in [3.63, 3.8) is 0 Å². The van der Waals surface area contributed by atoms with Crippen LogP contribution in [0.1, 0.15) is 10.4 Å². The van der Waals surface area contributed by atoms with Crippen LogP contribution in [0, 0.1) is 0 Å².